The van der Waals surface area contributed by atoms with Gasteiger partial charge in [0, 0.05) is 17.6 Å². The monoisotopic (exact) mass is 434 g/mol. The van der Waals surface area contributed by atoms with Gasteiger partial charge in [0.1, 0.15) is 18.6 Å². The largest absolute Gasteiger partial charge is 0.507 e. The third-order valence-electron chi connectivity index (χ3n) is 4.30. The van der Waals surface area contributed by atoms with Gasteiger partial charge in [-0.2, -0.15) is 0 Å². The molecule has 30 heavy (non-hydrogen) atoms. The quantitative estimate of drug-likeness (QED) is 0.204. The molecule has 2 aromatic rings. The normalized spacial score (nSPS) is 12.4. The van der Waals surface area contributed by atoms with Crippen LogP contribution >= 0.6 is 11.3 Å². The number of carbonyl (C=O) groups excluding carboxylic acids is 2. The van der Waals surface area contributed by atoms with Crippen molar-refractivity contribution in [3.8, 4) is 5.75 Å². The van der Waals surface area contributed by atoms with E-state index in [1.54, 1.807) is 25.1 Å². The number of anilines is 1. The third kappa shape index (κ3) is 6.10. The van der Waals surface area contributed by atoms with Crippen LogP contribution in [0.25, 0.3) is 0 Å². The molecule has 2 rings (SSSR count). The fourth-order valence-electron chi connectivity index (χ4n) is 2.73. The first-order chi connectivity index (χ1) is 14.3. The van der Waals surface area contributed by atoms with Crippen LogP contribution in [0.1, 0.15) is 23.2 Å². The molecule has 0 aliphatic carbocycles. The molecule has 1 atom stereocenters. The lowest BCUT2D eigenvalue weighted by molar-refractivity contribution is -0.115. The topological polar surface area (TPSA) is 167 Å². The van der Waals surface area contributed by atoms with Crippen LogP contribution in [0.3, 0.4) is 0 Å². The predicted octanol–water partition coefficient (Wildman–Crippen LogP) is 0.450. The molecule has 1 amide bonds. The van der Waals surface area contributed by atoms with E-state index in [-0.39, 0.29) is 41.7 Å². The number of thiazole rings is 1. The maximum atomic E-state index is 12.8. The Hall–Kier alpha value is -2.80. The molecule has 0 aliphatic heterocycles. The number of phenolic OH excluding ortho intramolecular Hbond substituents is 1. The lowest BCUT2D eigenvalue weighted by Gasteiger charge is -2.16. The van der Waals surface area contributed by atoms with Crippen LogP contribution in [0.5, 0.6) is 5.75 Å². The number of ketones is 1. The summed E-state index contributed by atoms with van der Waals surface area (Å²) in [6, 6.07) is 5.11. The van der Waals surface area contributed by atoms with Crippen LogP contribution in [0.15, 0.2) is 28.7 Å². The second-order valence-electron chi connectivity index (χ2n) is 6.50. The number of nitrogens with one attached hydrogen (secondary N) is 1. The minimum absolute atomic E-state index is 0.0427. The van der Waals surface area contributed by atoms with Gasteiger partial charge in [0.05, 0.1) is 6.54 Å². The number of para-hydroxylation sites is 1. The van der Waals surface area contributed by atoms with Gasteiger partial charge >= 0.3 is 7.12 Å². The van der Waals surface area contributed by atoms with Crippen LogP contribution in [-0.4, -0.2) is 58.3 Å². The summed E-state index contributed by atoms with van der Waals surface area (Å²) in [5.41, 5.74) is 6.43. The van der Waals surface area contributed by atoms with Crippen molar-refractivity contribution < 1.29 is 29.6 Å². The number of carbonyl (C=O) groups is 2. The summed E-state index contributed by atoms with van der Waals surface area (Å²) in [6.45, 7) is 1.51. The molecular formula is C18H23BN4O6S. The Kier molecular flexibility index (Phi) is 8.48. The van der Waals surface area contributed by atoms with Gasteiger partial charge in [-0.1, -0.05) is 23.4 Å². The number of nitrogens with zero attached hydrogens (tertiary/aromatic N) is 2. The maximum absolute atomic E-state index is 12.8. The second kappa shape index (κ2) is 10.8. The lowest BCUT2D eigenvalue weighted by atomic mass is 9.66. The molecule has 0 saturated heterocycles. The van der Waals surface area contributed by atoms with Crippen LogP contribution in [0, 0.1) is 6.92 Å². The summed E-state index contributed by atoms with van der Waals surface area (Å²) in [5.74, 6) is -1.83. The summed E-state index contributed by atoms with van der Waals surface area (Å²) in [7, 11) is -0.535. The highest BCUT2D eigenvalue weighted by Gasteiger charge is 2.30. The van der Waals surface area contributed by atoms with E-state index in [1.807, 2.05) is 0 Å². The summed E-state index contributed by atoms with van der Waals surface area (Å²) in [5, 5.41) is 37.7. The Balaban J connectivity index is 2.20. The molecule has 0 radical (unpaired) electrons. The number of phenols is 1. The van der Waals surface area contributed by atoms with E-state index in [0.717, 1.165) is 11.3 Å². The zero-order valence-corrected chi connectivity index (χ0v) is 17.3. The van der Waals surface area contributed by atoms with E-state index in [1.165, 1.54) is 12.5 Å². The number of amides is 1. The molecule has 0 aliphatic rings. The first-order valence-electron chi connectivity index (χ1n) is 9.00. The fraction of sp³-hybridized carbons (Fsp3) is 0.333. The number of hydrogen-bond acceptors (Lipinski definition) is 10. The minimum Gasteiger partial charge on any atom is -0.507 e. The van der Waals surface area contributed by atoms with Crippen molar-refractivity contribution in [1.82, 2.24) is 4.98 Å². The number of aryl methyl sites for hydroxylation is 1. The van der Waals surface area contributed by atoms with Crippen molar-refractivity contribution in [3.63, 3.8) is 0 Å². The van der Waals surface area contributed by atoms with Gasteiger partial charge in [-0.15, -0.1) is 11.3 Å². The van der Waals surface area contributed by atoms with E-state index >= 15 is 0 Å². The lowest BCUT2D eigenvalue weighted by Crippen LogP contribution is -2.28. The molecule has 1 heterocycles. The molecule has 0 saturated carbocycles. The van der Waals surface area contributed by atoms with Crippen LogP contribution in [0.4, 0.5) is 5.13 Å². The summed E-state index contributed by atoms with van der Waals surface area (Å²) in [6.07, 6.45) is -0.221. The molecule has 1 aromatic carbocycles. The molecule has 0 bridgehead atoms. The highest BCUT2D eigenvalue weighted by atomic mass is 32.1. The molecule has 0 fully saturated rings. The minimum atomic E-state index is -1.80. The first-order valence-corrected chi connectivity index (χ1v) is 9.88. The van der Waals surface area contributed by atoms with Gasteiger partial charge in [-0.25, -0.2) is 4.98 Å². The van der Waals surface area contributed by atoms with E-state index in [9.17, 15) is 24.7 Å². The van der Waals surface area contributed by atoms with Gasteiger partial charge in [0.2, 0.25) is 5.91 Å². The Morgan fingerprint density at radius 3 is 2.77 bits per heavy atom. The van der Waals surface area contributed by atoms with E-state index in [2.05, 4.69) is 15.5 Å². The predicted molar refractivity (Wildman–Crippen MR) is 113 cm³/mol. The zero-order valence-electron chi connectivity index (χ0n) is 16.5. The molecule has 0 spiro atoms. The highest BCUT2D eigenvalue weighted by molar-refractivity contribution is 7.14. The van der Waals surface area contributed by atoms with Crippen molar-refractivity contribution in [2.45, 2.75) is 25.6 Å². The van der Waals surface area contributed by atoms with Crippen molar-refractivity contribution in [2.75, 3.05) is 19.0 Å². The molecule has 160 valence electrons. The number of hydrogen-bond donors (Lipinski definition) is 5. The molecule has 10 nitrogen and oxygen atoms in total. The van der Waals surface area contributed by atoms with Crippen molar-refractivity contribution in [1.29, 1.82) is 0 Å². The number of rotatable bonds is 10. The van der Waals surface area contributed by atoms with Crippen LogP contribution in [0.2, 0.25) is 5.82 Å². The molecular weight excluding hydrogens is 411 g/mol. The Morgan fingerprint density at radius 2 is 2.13 bits per heavy atom. The standard InChI is InChI=1S/C18H23BN4O6S/c1-10-4-3-5-11(17(10)26)6-12(19(27)28)7-14(24)16(23-29-2)13-9-30-18(21-13)22-15(25)8-20/h3-5,9,12,26-28H,6-8,20H2,1-2H3,(H,21,22,25)/b23-16-/t12-/m1/s1. The van der Waals surface area contributed by atoms with Crippen molar-refractivity contribution in [2.24, 2.45) is 10.9 Å². The molecule has 6 N–H and O–H groups in total. The second-order valence-corrected chi connectivity index (χ2v) is 7.36. The number of oxime groups is 1. The van der Waals surface area contributed by atoms with Crippen LogP contribution < -0.4 is 11.1 Å². The van der Waals surface area contributed by atoms with Crippen molar-refractivity contribution in [3.05, 3.63) is 40.4 Å². The third-order valence-corrected chi connectivity index (χ3v) is 5.06. The number of aromatic hydroxyl groups is 1. The molecule has 0 unspecified atom stereocenters. The van der Waals surface area contributed by atoms with Gasteiger partial charge in [-0.3, -0.25) is 9.59 Å². The summed E-state index contributed by atoms with van der Waals surface area (Å²) >= 11 is 1.08. The highest BCUT2D eigenvalue weighted by Crippen LogP contribution is 2.29. The number of Topliss-reactive ketones (excluding diaryl/α,β-unsaturated/α-hetero) is 1. The number of nitrogens with two attached hydrogens (primary N) is 1. The van der Waals surface area contributed by atoms with Crippen LogP contribution in [-0.2, 0) is 20.8 Å². The van der Waals surface area contributed by atoms with Gasteiger partial charge in [0.15, 0.2) is 16.6 Å². The summed E-state index contributed by atoms with van der Waals surface area (Å²) in [4.78, 5) is 33.1. The van der Waals surface area contributed by atoms with E-state index in [4.69, 9.17) is 10.6 Å². The Bertz CT molecular complexity index is 933. The van der Waals surface area contributed by atoms with Gasteiger partial charge < -0.3 is 31.0 Å². The van der Waals surface area contributed by atoms with E-state index in [0.29, 0.717) is 11.1 Å². The smallest absolute Gasteiger partial charge is 0.455 e. The molecule has 1 aromatic heterocycles. The number of aromatic nitrogens is 1. The average molecular weight is 434 g/mol. The summed E-state index contributed by atoms with van der Waals surface area (Å²) < 4.78 is 0. The Morgan fingerprint density at radius 1 is 1.40 bits per heavy atom. The fourth-order valence-corrected chi connectivity index (χ4v) is 3.44. The van der Waals surface area contributed by atoms with Gasteiger partial charge in [-0.05, 0) is 24.5 Å². The number of benzene rings is 1. The van der Waals surface area contributed by atoms with Gasteiger partial charge in [0.25, 0.3) is 0 Å². The SMILES string of the molecule is CO/N=C(\C(=O)C[C@@H](Cc1cccc(C)c1O)B(O)O)c1csc(NC(=O)CN)n1. The molecule has 12 heteroatoms. The first kappa shape index (κ1) is 23.5. The van der Waals surface area contributed by atoms with Crippen molar-refractivity contribution >= 4 is 41.0 Å². The van der Waals surface area contributed by atoms with E-state index < -0.39 is 24.6 Å². The maximum Gasteiger partial charge on any atom is 0.455 e. The zero-order chi connectivity index (χ0) is 22.3. The average Bonchev–Trinajstić information content (AvgIpc) is 3.16. The Labute approximate surface area is 177 Å².